The van der Waals surface area contributed by atoms with Gasteiger partial charge in [0.2, 0.25) is 11.8 Å². The Morgan fingerprint density at radius 3 is 2.92 bits per heavy atom. The van der Waals surface area contributed by atoms with E-state index in [4.69, 9.17) is 0 Å². The number of aryl methyl sites for hydroxylation is 1. The zero-order chi connectivity index (χ0) is 17.1. The molecule has 0 aliphatic heterocycles. The molecule has 0 bridgehead atoms. The summed E-state index contributed by atoms with van der Waals surface area (Å²) in [5.41, 5.74) is 3.00. The summed E-state index contributed by atoms with van der Waals surface area (Å²) >= 11 is 0. The third-order valence-electron chi connectivity index (χ3n) is 4.38. The van der Waals surface area contributed by atoms with Gasteiger partial charge in [-0.15, -0.1) is 0 Å². The number of likely N-dealkylation sites (N-methyl/N-ethyl adjacent to an activating group) is 1. The van der Waals surface area contributed by atoms with E-state index in [1.54, 1.807) is 26.5 Å². The fourth-order valence-corrected chi connectivity index (χ4v) is 3.05. The molecule has 1 atom stereocenters. The molecule has 0 radical (unpaired) electrons. The van der Waals surface area contributed by atoms with Gasteiger partial charge in [0.15, 0.2) is 0 Å². The highest BCUT2D eigenvalue weighted by molar-refractivity contribution is 5.96. The number of fused-ring (bicyclic) bond motifs is 1. The van der Waals surface area contributed by atoms with Gasteiger partial charge in [0.1, 0.15) is 6.54 Å². The minimum Gasteiger partial charge on any atom is -0.347 e. The number of nitrogens with zero attached hydrogens (tertiary/aromatic N) is 3. The Kier molecular flexibility index (Phi) is 4.64. The molecule has 2 amide bonds. The molecular weight excluding hydrogens is 304 g/mol. The van der Waals surface area contributed by atoms with E-state index in [1.807, 2.05) is 18.2 Å². The monoisotopic (exact) mass is 326 g/mol. The summed E-state index contributed by atoms with van der Waals surface area (Å²) in [7, 11) is 3.41. The molecule has 1 N–H and O–H groups in total. The fraction of sp³-hybridized carbons (Fsp3) is 0.389. The number of carbonyl (C=O) groups excluding carboxylic acids is 2. The second-order valence-corrected chi connectivity index (χ2v) is 6.35. The van der Waals surface area contributed by atoms with Gasteiger partial charge in [-0.2, -0.15) is 5.10 Å². The van der Waals surface area contributed by atoms with E-state index >= 15 is 0 Å². The van der Waals surface area contributed by atoms with Crippen LogP contribution in [-0.2, 0) is 22.6 Å². The van der Waals surface area contributed by atoms with Crippen molar-refractivity contribution >= 4 is 17.5 Å². The van der Waals surface area contributed by atoms with Gasteiger partial charge in [-0.25, -0.2) is 0 Å². The summed E-state index contributed by atoms with van der Waals surface area (Å²) in [6, 6.07) is 8.14. The first-order valence-electron chi connectivity index (χ1n) is 8.16. The molecule has 3 rings (SSSR count). The zero-order valence-electron chi connectivity index (χ0n) is 14.0. The van der Waals surface area contributed by atoms with Crippen molar-refractivity contribution in [1.29, 1.82) is 0 Å². The van der Waals surface area contributed by atoms with Crippen LogP contribution in [0.15, 0.2) is 36.7 Å². The molecular formula is C18H22N4O2. The maximum absolute atomic E-state index is 12.6. The molecule has 0 saturated heterocycles. The minimum atomic E-state index is -0.123. The molecule has 0 spiro atoms. The normalized spacial score (nSPS) is 16.3. The van der Waals surface area contributed by atoms with Crippen LogP contribution in [0.1, 0.15) is 29.9 Å². The van der Waals surface area contributed by atoms with E-state index in [2.05, 4.69) is 16.5 Å². The highest BCUT2D eigenvalue weighted by Gasteiger charge is 2.26. The maximum Gasteiger partial charge on any atom is 0.243 e. The highest BCUT2D eigenvalue weighted by Crippen LogP contribution is 2.32. The number of amides is 2. The van der Waals surface area contributed by atoms with E-state index in [1.165, 1.54) is 15.1 Å². The number of anilines is 1. The first-order chi connectivity index (χ1) is 11.5. The predicted molar refractivity (Wildman–Crippen MR) is 91.7 cm³/mol. The van der Waals surface area contributed by atoms with Crippen LogP contribution in [0.3, 0.4) is 0 Å². The van der Waals surface area contributed by atoms with Crippen molar-refractivity contribution in [2.24, 2.45) is 0 Å². The third kappa shape index (κ3) is 3.48. The van der Waals surface area contributed by atoms with Gasteiger partial charge < -0.3 is 10.2 Å². The van der Waals surface area contributed by atoms with Gasteiger partial charge in [-0.3, -0.25) is 14.3 Å². The first-order valence-corrected chi connectivity index (χ1v) is 8.16. The van der Waals surface area contributed by atoms with Crippen molar-refractivity contribution in [1.82, 2.24) is 14.7 Å². The van der Waals surface area contributed by atoms with Crippen LogP contribution in [0, 0.1) is 0 Å². The molecule has 6 nitrogen and oxygen atoms in total. The standard InChI is InChI=1S/C18H22N4O2/c1-21(2)17(23)12-22-11-14(10-19-22)20-18(24)16-9-5-7-13-6-3-4-8-15(13)16/h3-4,6,8,10-11,16H,5,7,9,12H2,1-2H3,(H,20,24)/t16-/m0/s1. The molecule has 1 aromatic carbocycles. The number of carbonyl (C=O) groups is 2. The summed E-state index contributed by atoms with van der Waals surface area (Å²) in [5, 5.41) is 7.06. The van der Waals surface area contributed by atoms with Gasteiger partial charge >= 0.3 is 0 Å². The number of aromatic nitrogens is 2. The van der Waals surface area contributed by atoms with Gasteiger partial charge in [-0.1, -0.05) is 24.3 Å². The average Bonchev–Trinajstić information content (AvgIpc) is 3.01. The lowest BCUT2D eigenvalue weighted by molar-refractivity contribution is -0.129. The molecule has 0 saturated carbocycles. The quantitative estimate of drug-likeness (QED) is 0.935. The molecule has 0 unspecified atom stereocenters. The van der Waals surface area contributed by atoms with Gasteiger partial charge in [-0.05, 0) is 30.4 Å². The molecule has 1 aromatic heterocycles. The van der Waals surface area contributed by atoms with Crippen molar-refractivity contribution < 1.29 is 9.59 Å². The number of hydrogen-bond acceptors (Lipinski definition) is 3. The molecule has 1 aliphatic carbocycles. The SMILES string of the molecule is CN(C)C(=O)Cn1cc(NC(=O)[C@H]2CCCc3ccccc32)cn1. The van der Waals surface area contributed by atoms with Gasteiger partial charge in [0, 0.05) is 20.3 Å². The van der Waals surface area contributed by atoms with Crippen LogP contribution in [0.4, 0.5) is 5.69 Å². The smallest absolute Gasteiger partial charge is 0.243 e. The Morgan fingerprint density at radius 1 is 1.33 bits per heavy atom. The van der Waals surface area contributed by atoms with Crippen molar-refractivity contribution in [2.75, 3.05) is 19.4 Å². The molecule has 126 valence electrons. The Labute approximate surface area is 141 Å². The number of nitrogens with one attached hydrogen (secondary N) is 1. The topological polar surface area (TPSA) is 67.2 Å². The highest BCUT2D eigenvalue weighted by atomic mass is 16.2. The van der Waals surface area contributed by atoms with E-state index < -0.39 is 0 Å². The van der Waals surface area contributed by atoms with Crippen molar-refractivity contribution in [3.8, 4) is 0 Å². The summed E-state index contributed by atoms with van der Waals surface area (Å²) < 4.78 is 1.53. The van der Waals surface area contributed by atoms with E-state index in [0.29, 0.717) is 5.69 Å². The number of rotatable bonds is 4. The van der Waals surface area contributed by atoms with Crippen LogP contribution in [0.2, 0.25) is 0 Å². The summed E-state index contributed by atoms with van der Waals surface area (Å²) in [4.78, 5) is 25.9. The minimum absolute atomic E-state index is 0.0133. The number of hydrogen-bond donors (Lipinski definition) is 1. The van der Waals surface area contributed by atoms with Gasteiger partial charge in [0.05, 0.1) is 17.8 Å². The van der Waals surface area contributed by atoms with Crippen LogP contribution < -0.4 is 5.32 Å². The molecule has 1 aliphatic rings. The van der Waals surface area contributed by atoms with Crippen LogP contribution in [-0.4, -0.2) is 40.6 Å². The van der Waals surface area contributed by atoms with E-state index in [9.17, 15) is 9.59 Å². The third-order valence-corrected chi connectivity index (χ3v) is 4.38. The maximum atomic E-state index is 12.6. The predicted octanol–water partition coefficient (Wildman–Crippen LogP) is 2.03. The molecule has 24 heavy (non-hydrogen) atoms. The lowest BCUT2D eigenvalue weighted by Gasteiger charge is -2.24. The number of benzene rings is 1. The second kappa shape index (κ2) is 6.86. The summed E-state index contributed by atoms with van der Waals surface area (Å²) in [6.07, 6.45) is 6.18. The molecule has 6 heteroatoms. The Hall–Kier alpha value is -2.63. The van der Waals surface area contributed by atoms with Crippen LogP contribution in [0.5, 0.6) is 0 Å². The summed E-state index contributed by atoms with van der Waals surface area (Å²) in [5.74, 6) is -0.181. The Morgan fingerprint density at radius 2 is 2.12 bits per heavy atom. The van der Waals surface area contributed by atoms with Gasteiger partial charge in [0.25, 0.3) is 0 Å². The van der Waals surface area contributed by atoms with E-state index in [0.717, 1.165) is 24.8 Å². The first kappa shape index (κ1) is 16.2. The van der Waals surface area contributed by atoms with Crippen molar-refractivity contribution in [3.63, 3.8) is 0 Å². The summed E-state index contributed by atoms with van der Waals surface area (Å²) in [6.45, 7) is 0.162. The van der Waals surface area contributed by atoms with Crippen LogP contribution in [0.25, 0.3) is 0 Å². The Bertz CT molecular complexity index is 751. The largest absolute Gasteiger partial charge is 0.347 e. The lowest BCUT2D eigenvalue weighted by Crippen LogP contribution is -2.26. The fourth-order valence-electron chi connectivity index (χ4n) is 3.05. The molecule has 0 fully saturated rings. The van der Waals surface area contributed by atoms with E-state index in [-0.39, 0.29) is 24.3 Å². The second-order valence-electron chi connectivity index (χ2n) is 6.35. The van der Waals surface area contributed by atoms with Crippen molar-refractivity contribution in [2.45, 2.75) is 31.7 Å². The van der Waals surface area contributed by atoms with Crippen LogP contribution >= 0.6 is 0 Å². The zero-order valence-corrected chi connectivity index (χ0v) is 14.0. The average molecular weight is 326 g/mol. The molecule has 1 heterocycles. The lowest BCUT2D eigenvalue weighted by atomic mass is 9.82. The Balaban J connectivity index is 1.68. The van der Waals surface area contributed by atoms with Crippen molar-refractivity contribution in [3.05, 3.63) is 47.8 Å². The molecule has 2 aromatic rings.